The second kappa shape index (κ2) is 7.85. The van der Waals surface area contributed by atoms with Crippen molar-refractivity contribution in [2.75, 3.05) is 19.6 Å². The third-order valence-electron chi connectivity index (χ3n) is 10.1. The molecule has 1 atom stereocenters. The van der Waals surface area contributed by atoms with E-state index in [1.165, 1.54) is 73.2 Å². The summed E-state index contributed by atoms with van der Waals surface area (Å²) in [5.41, 5.74) is 3.01. The number of β-amino-alcohol motifs (C(OH)–C–C–N with tert-alkyl or cyclic N) is 1. The minimum absolute atomic E-state index is 0.111. The first-order valence-electron chi connectivity index (χ1n) is 13.5. The Kier molecular flexibility index (Phi) is 4.88. The predicted molar refractivity (Wildman–Crippen MR) is 135 cm³/mol. The van der Waals surface area contributed by atoms with Crippen molar-refractivity contribution in [1.29, 1.82) is 0 Å². The summed E-state index contributed by atoms with van der Waals surface area (Å²) in [6, 6.07) is 17.8. The third-order valence-corrected chi connectivity index (χ3v) is 10.1. The molecule has 5 aliphatic rings. The summed E-state index contributed by atoms with van der Waals surface area (Å²) in [6.45, 7) is 4.31. The predicted octanol–water partition coefficient (Wildman–Crippen LogP) is 6.08. The summed E-state index contributed by atoms with van der Waals surface area (Å²) in [5.74, 6) is 3.48. The average Bonchev–Trinajstić information content (AvgIpc) is 3.13. The Morgan fingerprint density at radius 3 is 1.85 bits per heavy atom. The van der Waals surface area contributed by atoms with Crippen LogP contribution >= 0.6 is 0 Å². The monoisotopic (exact) mass is 442 g/mol. The quantitative estimate of drug-likeness (QED) is 0.518. The van der Waals surface area contributed by atoms with Gasteiger partial charge in [-0.05, 0) is 106 Å². The molecule has 8 rings (SSSR count). The number of para-hydroxylation sites is 2. The van der Waals surface area contributed by atoms with Crippen molar-refractivity contribution in [3.05, 3.63) is 48.5 Å². The van der Waals surface area contributed by atoms with Crippen LogP contribution < -0.4 is 0 Å². The Morgan fingerprint density at radius 1 is 0.788 bits per heavy atom. The molecular weight excluding hydrogens is 404 g/mol. The van der Waals surface area contributed by atoms with E-state index < -0.39 is 0 Å². The number of hydrogen-bond acceptors (Lipinski definition) is 2. The Bertz CT molecular complexity index is 1070. The summed E-state index contributed by atoms with van der Waals surface area (Å²) in [7, 11) is 0. The summed E-state index contributed by atoms with van der Waals surface area (Å²) in [4.78, 5) is 2.59. The molecule has 1 saturated heterocycles. The minimum atomic E-state index is -0.111. The fourth-order valence-electron chi connectivity index (χ4n) is 8.83. The van der Waals surface area contributed by atoms with E-state index in [1.807, 2.05) is 0 Å². The Morgan fingerprint density at radius 2 is 1.30 bits per heavy atom. The number of nitrogens with zero attached hydrogens (tertiary/aromatic N) is 2. The second-order valence-corrected chi connectivity index (χ2v) is 12.2. The summed E-state index contributed by atoms with van der Waals surface area (Å²) < 4.78 is 2.56. The standard InChI is InChI=1S/C30H38N2O/c33-29(30-16-22-13-23(17-30)15-24(14-22)18-30)20-31-11-9-21(10-12-31)19-32-27-7-3-1-5-25(27)26-6-2-4-8-28(26)32/h1-8,21-24,29,33H,9-20H2/t22?,23?,24?,29-,30?/m1/s1. The highest BCUT2D eigenvalue weighted by Crippen LogP contribution is 2.61. The van der Waals surface area contributed by atoms with Crippen molar-refractivity contribution in [2.24, 2.45) is 29.1 Å². The highest BCUT2D eigenvalue weighted by Gasteiger charge is 2.54. The number of aliphatic hydroxyl groups is 1. The molecule has 4 bridgehead atoms. The van der Waals surface area contributed by atoms with Crippen molar-refractivity contribution in [1.82, 2.24) is 9.47 Å². The molecule has 0 unspecified atom stereocenters. The van der Waals surface area contributed by atoms with Gasteiger partial charge in [0.05, 0.1) is 6.10 Å². The first kappa shape index (κ1) is 20.5. The summed E-state index contributed by atoms with van der Waals surface area (Å²) >= 11 is 0. The van der Waals surface area contributed by atoms with Crippen LogP contribution in [0.15, 0.2) is 48.5 Å². The lowest BCUT2D eigenvalue weighted by Crippen LogP contribution is -2.55. The Balaban J connectivity index is 1.02. The average molecular weight is 443 g/mol. The highest BCUT2D eigenvalue weighted by atomic mass is 16.3. The maximum absolute atomic E-state index is 11.4. The molecule has 1 N–H and O–H groups in total. The molecule has 5 fully saturated rings. The van der Waals surface area contributed by atoms with Crippen LogP contribution in [0.25, 0.3) is 21.8 Å². The van der Waals surface area contributed by atoms with Gasteiger partial charge in [0.15, 0.2) is 0 Å². The van der Waals surface area contributed by atoms with Crippen LogP contribution in [0.3, 0.4) is 0 Å². The van der Waals surface area contributed by atoms with Gasteiger partial charge in [-0.25, -0.2) is 0 Å². The fourth-order valence-corrected chi connectivity index (χ4v) is 8.83. The van der Waals surface area contributed by atoms with Crippen LogP contribution in [0.2, 0.25) is 0 Å². The van der Waals surface area contributed by atoms with Gasteiger partial charge in [0.2, 0.25) is 0 Å². The summed E-state index contributed by atoms with van der Waals surface area (Å²) in [5, 5.41) is 14.2. The Hall–Kier alpha value is -1.84. The first-order valence-corrected chi connectivity index (χ1v) is 13.5. The van der Waals surface area contributed by atoms with Crippen molar-refractivity contribution in [3.63, 3.8) is 0 Å². The molecule has 0 amide bonds. The Labute approximate surface area is 197 Å². The molecule has 2 aromatic carbocycles. The maximum atomic E-state index is 11.4. The van der Waals surface area contributed by atoms with E-state index in [1.54, 1.807) is 0 Å². The van der Waals surface area contributed by atoms with Crippen LogP contribution in [0.5, 0.6) is 0 Å². The lowest BCUT2D eigenvalue weighted by atomic mass is 9.48. The molecule has 3 nitrogen and oxygen atoms in total. The molecule has 2 heterocycles. The van der Waals surface area contributed by atoms with E-state index >= 15 is 0 Å². The molecule has 174 valence electrons. The number of fused-ring (bicyclic) bond motifs is 3. The van der Waals surface area contributed by atoms with Gasteiger partial charge in [-0.3, -0.25) is 0 Å². The zero-order chi connectivity index (χ0) is 22.0. The molecule has 1 aliphatic heterocycles. The van der Waals surface area contributed by atoms with E-state index in [2.05, 4.69) is 58.0 Å². The van der Waals surface area contributed by atoms with Crippen LogP contribution in [0.1, 0.15) is 51.4 Å². The molecule has 1 aromatic heterocycles. The normalized spacial score (nSPS) is 33.3. The second-order valence-electron chi connectivity index (χ2n) is 12.2. The van der Waals surface area contributed by atoms with E-state index in [0.29, 0.717) is 0 Å². The molecule has 33 heavy (non-hydrogen) atoms. The van der Waals surface area contributed by atoms with Crippen LogP contribution in [-0.4, -0.2) is 40.3 Å². The van der Waals surface area contributed by atoms with Gasteiger partial charge in [-0.15, -0.1) is 0 Å². The van der Waals surface area contributed by atoms with Gasteiger partial charge in [-0.1, -0.05) is 36.4 Å². The number of likely N-dealkylation sites (tertiary alicyclic amines) is 1. The summed E-state index contributed by atoms with van der Waals surface area (Å²) in [6.07, 6.45) is 10.7. The molecule has 0 radical (unpaired) electrons. The molecular formula is C30H38N2O. The number of hydrogen-bond donors (Lipinski definition) is 1. The van der Waals surface area contributed by atoms with Gasteiger partial charge in [0, 0.05) is 34.9 Å². The maximum Gasteiger partial charge on any atom is 0.0723 e. The molecule has 3 heteroatoms. The SMILES string of the molecule is O[C@H](CN1CCC(Cn2c3ccccc3c3ccccc32)CC1)C12CC3CC(CC(C3)C1)C2. The molecule has 4 aliphatic carbocycles. The zero-order valence-electron chi connectivity index (χ0n) is 19.8. The largest absolute Gasteiger partial charge is 0.391 e. The van der Waals surface area contributed by atoms with Gasteiger partial charge in [-0.2, -0.15) is 0 Å². The van der Waals surface area contributed by atoms with Crippen LogP contribution in [0, 0.1) is 29.1 Å². The number of aromatic nitrogens is 1. The van der Waals surface area contributed by atoms with Gasteiger partial charge in [0.1, 0.15) is 0 Å². The van der Waals surface area contributed by atoms with E-state index in [9.17, 15) is 5.11 Å². The smallest absolute Gasteiger partial charge is 0.0723 e. The van der Waals surface area contributed by atoms with Gasteiger partial charge < -0.3 is 14.6 Å². The number of benzene rings is 2. The van der Waals surface area contributed by atoms with Crippen molar-refractivity contribution in [2.45, 2.75) is 64.0 Å². The van der Waals surface area contributed by atoms with E-state index in [0.717, 1.165) is 49.9 Å². The molecule has 4 saturated carbocycles. The van der Waals surface area contributed by atoms with Crippen molar-refractivity contribution in [3.8, 4) is 0 Å². The first-order chi connectivity index (χ1) is 16.2. The van der Waals surface area contributed by atoms with E-state index in [-0.39, 0.29) is 11.5 Å². The van der Waals surface area contributed by atoms with Crippen LogP contribution in [0.4, 0.5) is 0 Å². The van der Waals surface area contributed by atoms with E-state index in [4.69, 9.17) is 0 Å². The molecule has 3 aromatic rings. The highest BCUT2D eigenvalue weighted by molar-refractivity contribution is 6.07. The van der Waals surface area contributed by atoms with Crippen molar-refractivity contribution < 1.29 is 5.11 Å². The lowest BCUT2D eigenvalue weighted by molar-refractivity contribution is -0.128. The molecule has 0 spiro atoms. The zero-order valence-corrected chi connectivity index (χ0v) is 19.8. The number of aliphatic hydroxyl groups excluding tert-OH is 1. The number of piperidine rings is 1. The number of rotatable bonds is 5. The van der Waals surface area contributed by atoms with Gasteiger partial charge in [0.25, 0.3) is 0 Å². The van der Waals surface area contributed by atoms with Crippen molar-refractivity contribution >= 4 is 21.8 Å². The third kappa shape index (κ3) is 3.46. The lowest BCUT2D eigenvalue weighted by Gasteiger charge is -2.59. The topological polar surface area (TPSA) is 28.4 Å². The van der Waals surface area contributed by atoms with Crippen LogP contribution in [-0.2, 0) is 6.54 Å². The van der Waals surface area contributed by atoms with Gasteiger partial charge >= 0.3 is 0 Å². The minimum Gasteiger partial charge on any atom is -0.391 e. The fraction of sp³-hybridized carbons (Fsp3) is 0.600.